The van der Waals surface area contributed by atoms with Crippen LogP contribution in [0.1, 0.15) is 32.1 Å². The smallest absolute Gasteiger partial charge is 0.248 e. The molecule has 0 aromatic carbocycles. The molecule has 118 valence electrons. The minimum atomic E-state index is -1.24. The summed E-state index contributed by atoms with van der Waals surface area (Å²) < 4.78 is 45.9. The monoisotopic (exact) mass is 323 g/mol. The molecule has 0 N–H and O–H groups in total. The maximum atomic E-state index is 14.1. The molecule has 0 radical (unpaired) electrons. The number of nitro groups is 1. The lowest BCUT2D eigenvalue weighted by molar-refractivity contribution is -0.456. The minimum Gasteiger partial charge on any atom is -0.488 e. The molecular weight excluding hydrogens is 307 g/mol. The summed E-state index contributed by atoms with van der Waals surface area (Å²) in [5, 5.41) is 12.6. The highest BCUT2D eigenvalue weighted by Gasteiger charge is 2.40. The number of ether oxygens (including phenoxy) is 1. The number of hydrogen-bond acceptors (Lipinski definition) is 3. The first-order valence-electron chi connectivity index (χ1n) is 6.59. The van der Waals surface area contributed by atoms with Gasteiger partial charge in [0.25, 0.3) is 0 Å². The van der Waals surface area contributed by atoms with E-state index in [0.29, 0.717) is 12.8 Å². The van der Waals surface area contributed by atoms with E-state index in [0.717, 1.165) is 17.2 Å². The molecule has 0 aromatic heterocycles. The van der Waals surface area contributed by atoms with Gasteiger partial charge in [0.2, 0.25) is 5.88 Å². The third-order valence-electron chi connectivity index (χ3n) is 3.54. The van der Waals surface area contributed by atoms with Gasteiger partial charge in [-0.3, -0.25) is 14.5 Å². The third-order valence-corrected chi connectivity index (χ3v) is 5.12. The SMILES string of the molecule is O=[N+]([O-])CS1=CC(F)=C(OC2(CCF)CCC2)CC(F)=C1. The van der Waals surface area contributed by atoms with Crippen LogP contribution in [0.3, 0.4) is 0 Å². The number of nitrogens with zero attached hydrogens (tertiary/aromatic N) is 1. The number of halogens is 3. The van der Waals surface area contributed by atoms with Crippen LogP contribution in [0.4, 0.5) is 13.2 Å². The minimum absolute atomic E-state index is 0.149. The Balaban J connectivity index is 2.20. The molecule has 2 aliphatic rings. The van der Waals surface area contributed by atoms with Gasteiger partial charge in [0.1, 0.15) is 17.2 Å². The van der Waals surface area contributed by atoms with Crippen LogP contribution in [0.2, 0.25) is 0 Å². The van der Waals surface area contributed by atoms with Gasteiger partial charge in [0.15, 0.2) is 5.83 Å². The zero-order chi connectivity index (χ0) is 15.5. The summed E-state index contributed by atoms with van der Waals surface area (Å²) in [4.78, 5) is 9.86. The van der Waals surface area contributed by atoms with Gasteiger partial charge in [-0.25, -0.2) is 8.78 Å². The van der Waals surface area contributed by atoms with Gasteiger partial charge in [-0.15, -0.1) is 0 Å². The molecule has 1 saturated carbocycles. The van der Waals surface area contributed by atoms with Crippen molar-refractivity contribution < 1.29 is 22.8 Å². The Kier molecular flexibility index (Phi) is 5.08. The molecule has 0 spiro atoms. The fourth-order valence-electron chi connectivity index (χ4n) is 2.37. The maximum Gasteiger partial charge on any atom is 0.248 e. The predicted molar refractivity (Wildman–Crippen MR) is 75.7 cm³/mol. The predicted octanol–water partition coefficient (Wildman–Crippen LogP) is 3.99. The summed E-state index contributed by atoms with van der Waals surface area (Å²) in [7, 11) is -1.24. The molecule has 1 atom stereocenters. The lowest BCUT2D eigenvalue weighted by Gasteiger charge is -2.42. The van der Waals surface area contributed by atoms with E-state index in [4.69, 9.17) is 4.74 Å². The van der Waals surface area contributed by atoms with Crippen LogP contribution >= 0.6 is 10.5 Å². The highest BCUT2D eigenvalue weighted by atomic mass is 32.2. The number of hydrogen-bond donors (Lipinski definition) is 0. The van der Waals surface area contributed by atoms with E-state index in [9.17, 15) is 23.3 Å². The molecule has 2 rings (SSSR count). The van der Waals surface area contributed by atoms with Gasteiger partial charge in [-0.05, 0) is 19.3 Å². The molecule has 1 fully saturated rings. The Morgan fingerprint density at radius 3 is 2.67 bits per heavy atom. The van der Waals surface area contributed by atoms with E-state index in [-0.39, 0.29) is 18.6 Å². The fourth-order valence-corrected chi connectivity index (χ4v) is 3.63. The van der Waals surface area contributed by atoms with Gasteiger partial charge in [0.05, 0.1) is 13.1 Å². The van der Waals surface area contributed by atoms with Crippen molar-refractivity contribution in [2.75, 3.05) is 12.6 Å². The number of alkyl halides is 1. The topological polar surface area (TPSA) is 52.4 Å². The van der Waals surface area contributed by atoms with Crippen molar-refractivity contribution in [1.82, 2.24) is 0 Å². The second kappa shape index (κ2) is 6.64. The van der Waals surface area contributed by atoms with Gasteiger partial charge in [-0.1, -0.05) is 10.5 Å². The van der Waals surface area contributed by atoms with Crippen molar-refractivity contribution in [2.45, 2.75) is 37.7 Å². The fraction of sp³-hybridized carbons (Fsp3) is 0.615. The summed E-state index contributed by atoms with van der Waals surface area (Å²) in [6.45, 7) is -0.581. The van der Waals surface area contributed by atoms with Crippen LogP contribution in [-0.2, 0) is 4.74 Å². The summed E-state index contributed by atoms with van der Waals surface area (Å²) in [6, 6.07) is 0. The Bertz CT molecular complexity index is 527. The van der Waals surface area contributed by atoms with Gasteiger partial charge in [-0.2, -0.15) is 0 Å². The highest BCUT2D eigenvalue weighted by molar-refractivity contribution is 8.17. The van der Waals surface area contributed by atoms with E-state index in [1.807, 2.05) is 0 Å². The summed E-state index contributed by atoms with van der Waals surface area (Å²) in [6.07, 6.45) is 1.86. The molecule has 1 heterocycles. The first-order valence-corrected chi connectivity index (χ1v) is 8.11. The molecule has 0 saturated heterocycles. The first-order chi connectivity index (χ1) is 9.94. The van der Waals surface area contributed by atoms with E-state index in [1.165, 1.54) is 0 Å². The van der Waals surface area contributed by atoms with Crippen LogP contribution in [0.15, 0.2) is 22.8 Å². The quantitative estimate of drug-likeness (QED) is 0.422. The van der Waals surface area contributed by atoms with Crippen LogP contribution in [-0.4, -0.2) is 28.4 Å². The lowest BCUT2D eigenvalue weighted by Crippen LogP contribution is -2.40. The molecule has 8 heteroatoms. The second-order valence-electron chi connectivity index (χ2n) is 5.14. The molecule has 1 aliphatic carbocycles. The van der Waals surface area contributed by atoms with Gasteiger partial charge >= 0.3 is 0 Å². The molecular formula is C13H16F3NO3S. The number of allylic oxidation sites excluding steroid dienone is 2. The van der Waals surface area contributed by atoms with Crippen molar-refractivity contribution in [2.24, 2.45) is 0 Å². The third kappa shape index (κ3) is 4.09. The van der Waals surface area contributed by atoms with Crippen molar-refractivity contribution >= 4 is 15.9 Å². The van der Waals surface area contributed by atoms with Gasteiger partial charge < -0.3 is 4.74 Å². The summed E-state index contributed by atoms with van der Waals surface area (Å²) in [5.41, 5.74) is -0.748. The Hall–Kier alpha value is -1.31. The first kappa shape index (κ1) is 16.1. The van der Waals surface area contributed by atoms with Crippen molar-refractivity contribution in [3.05, 3.63) is 32.9 Å². The Labute approximate surface area is 122 Å². The largest absolute Gasteiger partial charge is 0.488 e. The van der Waals surface area contributed by atoms with E-state index in [1.54, 1.807) is 0 Å². The van der Waals surface area contributed by atoms with E-state index >= 15 is 0 Å². The van der Waals surface area contributed by atoms with Crippen LogP contribution in [0.25, 0.3) is 0 Å². The number of rotatable bonds is 6. The van der Waals surface area contributed by atoms with Crippen LogP contribution < -0.4 is 0 Å². The Morgan fingerprint density at radius 2 is 2.14 bits per heavy atom. The molecule has 1 unspecified atom stereocenters. The maximum absolute atomic E-state index is 14.1. The lowest BCUT2D eigenvalue weighted by atomic mass is 9.78. The van der Waals surface area contributed by atoms with Crippen molar-refractivity contribution in [3.63, 3.8) is 0 Å². The second-order valence-corrected chi connectivity index (χ2v) is 6.81. The van der Waals surface area contributed by atoms with Gasteiger partial charge in [0, 0.05) is 22.1 Å². The summed E-state index contributed by atoms with van der Waals surface area (Å²) in [5.74, 6) is -2.18. The van der Waals surface area contributed by atoms with Crippen LogP contribution in [0.5, 0.6) is 0 Å². The molecule has 21 heavy (non-hydrogen) atoms. The van der Waals surface area contributed by atoms with Crippen LogP contribution in [0, 0.1) is 10.1 Å². The Morgan fingerprint density at radius 1 is 1.43 bits per heavy atom. The molecule has 4 nitrogen and oxygen atoms in total. The zero-order valence-corrected chi connectivity index (χ0v) is 12.1. The van der Waals surface area contributed by atoms with Crippen molar-refractivity contribution in [3.8, 4) is 0 Å². The van der Waals surface area contributed by atoms with E-state index < -0.39 is 45.2 Å². The standard InChI is InChI=1S/C13H16F3NO3S/c14-5-4-13(2-1-3-13)20-12-6-10(15)7-21(8-11(12)16)9-17(18)19/h7-8H,1-6,9H2. The molecule has 1 aliphatic heterocycles. The van der Waals surface area contributed by atoms with E-state index in [2.05, 4.69) is 0 Å². The normalized spacial score (nSPS) is 24.5. The highest BCUT2D eigenvalue weighted by Crippen LogP contribution is 2.42. The molecule has 0 bridgehead atoms. The molecule has 0 amide bonds. The van der Waals surface area contributed by atoms with Crippen molar-refractivity contribution in [1.29, 1.82) is 0 Å². The average molecular weight is 323 g/mol. The molecule has 0 aromatic rings. The average Bonchev–Trinajstić information content (AvgIpc) is 2.45. The zero-order valence-electron chi connectivity index (χ0n) is 11.3. The summed E-state index contributed by atoms with van der Waals surface area (Å²) >= 11 is 0.